The molecule has 8 aromatic rings. The summed E-state index contributed by atoms with van der Waals surface area (Å²) in [5.41, 5.74) is 5.05. The molecule has 0 saturated carbocycles. The molecule has 0 bridgehead atoms. The zero-order valence-electron chi connectivity index (χ0n) is 26.0. The zero-order chi connectivity index (χ0) is 32.3. The molecule has 6 nitrogen and oxygen atoms in total. The fourth-order valence-corrected chi connectivity index (χ4v) is 5.06. The van der Waals surface area contributed by atoms with Gasteiger partial charge in [-0.05, 0) is 69.3 Å². The van der Waals surface area contributed by atoms with Crippen LogP contribution in [0.4, 0.5) is 0 Å². The van der Waals surface area contributed by atoms with Gasteiger partial charge in [0.15, 0.2) is 0 Å². The predicted octanol–water partition coefficient (Wildman–Crippen LogP) is 9.26. The second kappa shape index (κ2) is 16.7. The average molecular weight is 803 g/mol. The van der Waals surface area contributed by atoms with Gasteiger partial charge in [-0.2, -0.15) is 0 Å². The van der Waals surface area contributed by atoms with Crippen molar-refractivity contribution >= 4 is 21.5 Å². The average Bonchev–Trinajstić information content (AvgIpc) is 3.16. The van der Waals surface area contributed by atoms with Gasteiger partial charge in [-0.3, -0.25) is 9.97 Å². The molecule has 1 N–H and O–H groups in total. The molecule has 8 rings (SSSR count). The molecular weight excluding hydrogens is 773 g/mol. The van der Waals surface area contributed by atoms with Gasteiger partial charge in [0.1, 0.15) is 22.9 Å². The minimum atomic E-state index is 0. The number of hydrogen-bond acceptors (Lipinski definition) is 6. The van der Waals surface area contributed by atoms with Crippen molar-refractivity contribution in [2.24, 2.45) is 0 Å². The Bertz CT molecular complexity index is 2090. The maximum atomic E-state index is 9.63. The standard InChI is InChI=1S/2C15H10N.C11H10N2O2.Ir/c2*1-2-7-13(8-3-1)15-14-9-5-4-6-12(14)10-11-16-15;1-15-9-5-3-7-13-11(9)10-8(14)4-2-6-12-10;/h2*1-7,9-11H;2-7,14H,1H3;/q2*-1;;. The molecule has 48 heavy (non-hydrogen) atoms. The van der Waals surface area contributed by atoms with E-state index in [1.165, 1.54) is 21.5 Å². The van der Waals surface area contributed by atoms with Gasteiger partial charge < -0.3 is 19.8 Å². The molecule has 0 aliphatic carbocycles. The van der Waals surface area contributed by atoms with Crippen molar-refractivity contribution < 1.29 is 29.9 Å². The minimum absolute atomic E-state index is 0. The quantitative estimate of drug-likeness (QED) is 0.179. The van der Waals surface area contributed by atoms with Gasteiger partial charge >= 0.3 is 0 Å². The summed E-state index contributed by atoms with van der Waals surface area (Å²) in [6.45, 7) is 0. The molecule has 0 aliphatic rings. The summed E-state index contributed by atoms with van der Waals surface area (Å²) in [6.07, 6.45) is 6.92. The summed E-state index contributed by atoms with van der Waals surface area (Å²) in [4.78, 5) is 17.1. The molecule has 0 fully saturated rings. The molecule has 0 saturated heterocycles. The topological polar surface area (TPSA) is 81.0 Å². The molecule has 0 aliphatic heterocycles. The van der Waals surface area contributed by atoms with Gasteiger partial charge in [0.25, 0.3) is 0 Å². The summed E-state index contributed by atoms with van der Waals surface area (Å²) in [6, 6.07) is 49.7. The van der Waals surface area contributed by atoms with Crippen molar-refractivity contribution in [1.29, 1.82) is 0 Å². The van der Waals surface area contributed by atoms with Crippen molar-refractivity contribution in [1.82, 2.24) is 19.9 Å². The molecule has 1 radical (unpaired) electrons. The first-order valence-electron chi connectivity index (χ1n) is 15.0. The summed E-state index contributed by atoms with van der Waals surface area (Å²) in [5, 5.41) is 14.4. The van der Waals surface area contributed by atoms with E-state index in [2.05, 4.69) is 56.3 Å². The van der Waals surface area contributed by atoms with E-state index in [4.69, 9.17) is 4.74 Å². The van der Waals surface area contributed by atoms with Gasteiger partial charge in [0, 0.05) is 44.9 Å². The first-order valence-corrected chi connectivity index (χ1v) is 15.0. The molecule has 4 heterocycles. The Morgan fingerprint density at radius 3 is 1.46 bits per heavy atom. The number of aromatic hydroxyl groups is 1. The molecule has 0 atom stereocenters. The van der Waals surface area contributed by atoms with E-state index in [1.807, 2.05) is 97.3 Å². The maximum Gasteiger partial charge on any atom is 0.146 e. The van der Waals surface area contributed by atoms with Gasteiger partial charge in [0.2, 0.25) is 0 Å². The third-order valence-electron chi connectivity index (χ3n) is 7.28. The smallest absolute Gasteiger partial charge is 0.146 e. The van der Waals surface area contributed by atoms with Crippen LogP contribution in [0.15, 0.2) is 158 Å². The first kappa shape index (κ1) is 33.6. The Labute approximate surface area is 293 Å². The van der Waals surface area contributed by atoms with Crippen LogP contribution >= 0.6 is 0 Å². The third-order valence-corrected chi connectivity index (χ3v) is 7.28. The third kappa shape index (κ3) is 7.96. The van der Waals surface area contributed by atoms with Gasteiger partial charge in [-0.1, -0.05) is 48.5 Å². The van der Waals surface area contributed by atoms with Crippen LogP contribution in [0.2, 0.25) is 0 Å². The number of hydrogen-bond donors (Lipinski definition) is 1. The second-order valence-electron chi connectivity index (χ2n) is 10.2. The van der Waals surface area contributed by atoms with Crippen molar-refractivity contribution in [3.8, 4) is 45.4 Å². The number of fused-ring (bicyclic) bond motifs is 2. The van der Waals surface area contributed by atoms with Crippen LogP contribution in [0.1, 0.15) is 0 Å². The van der Waals surface area contributed by atoms with Gasteiger partial charge in [-0.25, -0.2) is 0 Å². The van der Waals surface area contributed by atoms with E-state index in [-0.39, 0.29) is 25.9 Å². The number of nitrogens with zero attached hydrogens (tertiary/aromatic N) is 4. The number of methoxy groups -OCH3 is 1. The molecule has 0 unspecified atom stereocenters. The Hall–Kier alpha value is -5.75. The van der Waals surface area contributed by atoms with Crippen LogP contribution in [-0.4, -0.2) is 32.2 Å². The van der Waals surface area contributed by atoms with Gasteiger partial charge in [-0.15, -0.1) is 71.8 Å². The predicted molar refractivity (Wildman–Crippen MR) is 188 cm³/mol. The number of rotatable bonds is 4. The van der Waals surface area contributed by atoms with Crippen molar-refractivity contribution in [3.05, 3.63) is 170 Å². The van der Waals surface area contributed by atoms with Crippen LogP contribution in [0.3, 0.4) is 0 Å². The molecule has 237 valence electrons. The fourth-order valence-electron chi connectivity index (χ4n) is 5.06. The summed E-state index contributed by atoms with van der Waals surface area (Å²) >= 11 is 0. The summed E-state index contributed by atoms with van der Waals surface area (Å²) in [5.74, 6) is 0.681. The first-order chi connectivity index (χ1) is 23.2. The number of ether oxygens (including phenoxy) is 1. The maximum absolute atomic E-state index is 9.63. The van der Waals surface area contributed by atoms with Crippen molar-refractivity contribution in [3.63, 3.8) is 0 Å². The monoisotopic (exact) mass is 803 g/mol. The largest absolute Gasteiger partial charge is 0.506 e. The van der Waals surface area contributed by atoms with Crippen LogP contribution in [0.5, 0.6) is 11.5 Å². The molecule has 4 aromatic heterocycles. The number of aromatic nitrogens is 4. The van der Waals surface area contributed by atoms with Crippen LogP contribution in [0.25, 0.3) is 55.4 Å². The molecule has 4 aromatic carbocycles. The van der Waals surface area contributed by atoms with Crippen molar-refractivity contribution in [2.45, 2.75) is 0 Å². The fraction of sp³-hybridized carbons (Fsp3) is 0.0244. The van der Waals surface area contributed by atoms with E-state index in [9.17, 15) is 5.11 Å². The second-order valence-corrected chi connectivity index (χ2v) is 10.2. The summed E-state index contributed by atoms with van der Waals surface area (Å²) < 4.78 is 5.14. The van der Waals surface area contributed by atoms with Crippen LogP contribution in [-0.2, 0) is 20.1 Å². The Kier molecular flexibility index (Phi) is 11.7. The Morgan fingerprint density at radius 1 is 0.479 bits per heavy atom. The summed E-state index contributed by atoms with van der Waals surface area (Å²) in [7, 11) is 1.56. The van der Waals surface area contributed by atoms with Crippen molar-refractivity contribution in [2.75, 3.05) is 7.11 Å². The van der Waals surface area contributed by atoms with Crippen LogP contribution < -0.4 is 4.74 Å². The zero-order valence-corrected chi connectivity index (χ0v) is 28.4. The van der Waals surface area contributed by atoms with E-state index >= 15 is 0 Å². The SMILES string of the molecule is COc1cccnc1-c1ncccc1O.[Ir].[c-]1ccccc1-c1nccc2ccccc12.[c-]1ccccc1-c1nccc2ccccc12. The Balaban J connectivity index is 0.000000140. The van der Waals surface area contributed by atoms with Crippen LogP contribution in [0, 0.1) is 12.1 Å². The normalized spacial score (nSPS) is 10.1. The van der Waals surface area contributed by atoms with E-state index < -0.39 is 0 Å². The molecule has 0 spiro atoms. The Morgan fingerprint density at radius 2 is 0.958 bits per heavy atom. The molecular formula is C41H30IrN4O2-2. The van der Waals surface area contributed by atoms with E-state index in [1.54, 1.807) is 43.8 Å². The van der Waals surface area contributed by atoms with Gasteiger partial charge in [0.05, 0.1) is 7.11 Å². The van der Waals surface area contributed by atoms with E-state index in [0.717, 1.165) is 22.5 Å². The number of pyridine rings is 4. The van der Waals surface area contributed by atoms with E-state index in [0.29, 0.717) is 17.1 Å². The number of benzene rings is 4. The molecule has 0 amide bonds. The minimum Gasteiger partial charge on any atom is -0.506 e. The molecule has 7 heteroatoms.